The Morgan fingerprint density at radius 3 is 2.36 bits per heavy atom. The first kappa shape index (κ1) is 20.4. The van der Waals surface area contributed by atoms with E-state index in [0.717, 1.165) is 6.07 Å². The molecule has 1 N–H and O–H groups in total. The second-order valence-corrected chi connectivity index (χ2v) is 8.53. The SMILES string of the molecule is Cc1ccc(NC(=O)CN2CCN(S(=O)(=O)c3ccccc3F)CC2)cc1F. The molecule has 0 unspecified atom stereocenters. The lowest BCUT2D eigenvalue weighted by Gasteiger charge is -2.33. The first-order valence-electron chi connectivity index (χ1n) is 8.80. The van der Waals surface area contributed by atoms with Crippen molar-refractivity contribution in [3.63, 3.8) is 0 Å². The summed E-state index contributed by atoms with van der Waals surface area (Å²) >= 11 is 0. The van der Waals surface area contributed by atoms with Crippen molar-refractivity contribution in [2.45, 2.75) is 11.8 Å². The highest BCUT2D eigenvalue weighted by Crippen LogP contribution is 2.20. The Morgan fingerprint density at radius 2 is 1.71 bits per heavy atom. The molecule has 0 spiro atoms. The summed E-state index contributed by atoms with van der Waals surface area (Å²) in [5.74, 6) is -1.49. The fourth-order valence-electron chi connectivity index (χ4n) is 3.00. The zero-order valence-corrected chi connectivity index (χ0v) is 16.2. The van der Waals surface area contributed by atoms with Gasteiger partial charge >= 0.3 is 0 Å². The summed E-state index contributed by atoms with van der Waals surface area (Å²) in [5, 5.41) is 2.63. The van der Waals surface area contributed by atoms with E-state index in [0.29, 0.717) is 24.3 Å². The van der Waals surface area contributed by atoms with Crippen LogP contribution in [-0.2, 0) is 14.8 Å². The van der Waals surface area contributed by atoms with Crippen molar-refractivity contribution < 1.29 is 22.0 Å². The number of sulfonamides is 1. The fraction of sp³-hybridized carbons (Fsp3) is 0.316. The highest BCUT2D eigenvalue weighted by atomic mass is 32.2. The number of hydrogen-bond donors (Lipinski definition) is 1. The molecule has 1 saturated heterocycles. The van der Waals surface area contributed by atoms with Crippen LogP contribution in [0.25, 0.3) is 0 Å². The molecule has 0 aromatic heterocycles. The van der Waals surface area contributed by atoms with Gasteiger partial charge in [0.1, 0.15) is 16.5 Å². The molecule has 1 amide bonds. The predicted molar refractivity (Wildman–Crippen MR) is 101 cm³/mol. The quantitative estimate of drug-likeness (QED) is 0.822. The highest BCUT2D eigenvalue weighted by molar-refractivity contribution is 7.89. The van der Waals surface area contributed by atoms with Crippen LogP contribution < -0.4 is 5.32 Å². The molecule has 0 saturated carbocycles. The van der Waals surface area contributed by atoms with Crippen molar-refractivity contribution in [2.75, 3.05) is 38.0 Å². The molecule has 0 aliphatic carbocycles. The van der Waals surface area contributed by atoms with Crippen LogP contribution in [0, 0.1) is 18.6 Å². The minimum atomic E-state index is -3.91. The van der Waals surface area contributed by atoms with Gasteiger partial charge in [-0.05, 0) is 36.8 Å². The molecule has 9 heteroatoms. The van der Waals surface area contributed by atoms with E-state index in [1.165, 1.54) is 28.6 Å². The molecule has 1 heterocycles. The summed E-state index contributed by atoms with van der Waals surface area (Å²) < 4.78 is 53.8. The molecule has 0 atom stereocenters. The molecule has 2 aromatic rings. The number of hydrogen-bond acceptors (Lipinski definition) is 4. The maximum absolute atomic E-state index is 13.9. The second kappa shape index (κ2) is 8.34. The van der Waals surface area contributed by atoms with E-state index in [1.807, 2.05) is 0 Å². The highest BCUT2D eigenvalue weighted by Gasteiger charge is 2.30. The van der Waals surface area contributed by atoms with Crippen molar-refractivity contribution >= 4 is 21.6 Å². The van der Waals surface area contributed by atoms with Gasteiger partial charge in [-0.25, -0.2) is 17.2 Å². The molecule has 3 rings (SSSR count). The van der Waals surface area contributed by atoms with Crippen molar-refractivity contribution in [3.8, 4) is 0 Å². The van der Waals surface area contributed by atoms with Crippen LogP contribution in [0.2, 0.25) is 0 Å². The number of benzene rings is 2. The number of anilines is 1. The van der Waals surface area contributed by atoms with E-state index >= 15 is 0 Å². The van der Waals surface area contributed by atoms with Crippen molar-refractivity contribution in [1.29, 1.82) is 0 Å². The van der Waals surface area contributed by atoms with Gasteiger partial charge in [0, 0.05) is 31.9 Å². The third kappa shape index (κ3) is 4.54. The number of carbonyl (C=O) groups excluding carboxylic acids is 1. The average molecular weight is 409 g/mol. The van der Waals surface area contributed by atoms with Gasteiger partial charge < -0.3 is 5.32 Å². The molecule has 28 heavy (non-hydrogen) atoms. The molecule has 0 radical (unpaired) electrons. The lowest BCUT2D eigenvalue weighted by atomic mass is 10.2. The van der Waals surface area contributed by atoms with Gasteiger partial charge in [-0.3, -0.25) is 9.69 Å². The first-order chi connectivity index (χ1) is 13.3. The maximum atomic E-state index is 13.9. The van der Waals surface area contributed by atoms with Crippen LogP contribution in [0.5, 0.6) is 0 Å². The number of nitrogens with zero attached hydrogens (tertiary/aromatic N) is 2. The van der Waals surface area contributed by atoms with Crippen LogP contribution in [-0.4, -0.2) is 56.3 Å². The van der Waals surface area contributed by atoms with Crippen LogP contribution in [0.1, 0.15) is 5.56 Å². The zero-order chi connectivity index (χ0) is 20.3. The number of halogens is 2. The Bertz CT molecular complexity index is 974. The van der Waals surface area contributed by atoms with E-state index in [4.69, 9.17) is 0 Å². The minimum absolute atomic E-state index is 0.0586. The zero-order valence-electron chi connectivity index (χ0n) is 15.4. The molecular formula is C19H21F2N3O3S. The summed E-state index contributed by atoms with van der Waals surface area (Å²) in [6.07, 6.45) is 0. The van der Waals surface area contributed by atoms with Crippen LogP contribution in [0.4, 0.5) is 14.5 Å². The van der Waals surface area contributed by atoms with E-state index < -0.39 is 21.7 Å². The number of rotatable bonds is 5. The number of piperazine rings is 1. The van der Waals surface area contributed by atoms with Gasteiger partial charge in [0.25, 0.3) is 0 Å². The van der Waals surface area contributed by atoms with Crippen LogP contribution >= 0.6 is 0 Å². The smallest absolute Gasteiger partial charge is 0.246 e. The van der Waals surface area contributed by atoms with Crippen molar-refractivity contribution in [3.05, 3.63) is 59.7 Å². The third-order valence-electron chi connectivity index (χ3n) is 4.61. The number of aryl methyl sites for hydroxylation is 1. The van der Waals surface area contributed by atoms with Crippen molar-refractivity contribution in [1.82, 2.24) is 9.21 Å². The topological polar surface area (TPSA) is 69.7 Å². The molecule has 1 aliphatic heterocycles. The number of nitrogens with one attached hydrogen (secondary N) is 1. The molecular weight excluding hydrogens is 388 g/mol. The van der Waals surface area contributed by atoms with Gasteiger partial charge in [0.05, 0.1) is 6.54 Å². The van der Waals surface area contributed by atoms with Crippen LogP contribution in [0.15, 0.2) is 47.4 Å². The normalized spacial score (nSPS) is 16.1. The Morgan fingerprint density at radius 1 is 1.04 bits per heavy atom. The third-order valence-corrected chi connectivity index (χ3v) is 6.54. The van der Waals surface area contributed by atoms with Gasteiger partial charge in [-0.2, -0.15) is 4.31 Å². The molecule has 150 valence electrons. The average Bonchev–Trinajstić information content (AvgIpc) is 2.65. The summed E-state index contributed by atoms with van der Waals surface area (Å²) in [4.78, 5) is 13.6. The van der Waals surface area contributed by atoms with Crippen LogP contribution in [0.3, 0.4) is 0 Å². The second-order valence-electron chi connectivity index (χ2n) is 6.62. The first-order valence-corrected chi connectivity index (χ1v) is 10.2. The molecule has 1 fully saturated rings. The van der Waals surface area contributed by atoms with E-state index in [1.54, 1.807) is 24.0 Å². The van der Waals surface area contributed by atoms with Gasteiger partial charge in [-0.15, -0.1) is 0 Å². The molecule has 2 aromatic carbocycles. The Balaban J connectivity index is 1.56. The molecule has 0 bridgehead atoms. The number of amides is 1. The monoisotopic (exact) mass is 409 g/mol. The fourth-order valence-corrected chi connectivity index (χ4v) is 4.48. The molecule has 1 aliphatic rings. The largest absolute Gasteiger partial charge is 0.325 e. The van der Waals surface area contributed by atoms with E-state index in [9.17, 15) is 22.0 Å². The Hall–Kier alpha value is -2.36. The minimum Gasteiger partial charge on any atom is -0.325 e. The lowest BCUT2D eigenvalue weighted by Crippen LogP contribution is -2.50. The van der Waals surface area contributed by atoms with Gasteiger partial charge in [0.15, 0.2) is 0 Å². The van der Waals surface area contributed by atoms with Crippen molar-refractivity contribution in [2.24, 2.45) is 0 Å². The molecule has 6 nitrogen and oxygen atoms in total. The van der Waals surface area contributed by atoms with E-state index in [-0.39, 0.29) is 30.4 Å². The van der Waals surface area contributed by atoms with Gasteiger partial charge in [-0.1, -0.05) is 18.2 Å². The number of carbonyl (C=O) groups is 1. The maximum Gasteiger partial charge on any atom is 0.246 e. The summed E-state index contributed by atoms with van der Waals surface area (Å²) in [7, 11) is -3.91. The van der Waals surface area contributed by atoms with E-state index in [2.05, 4.69) is 5.32 Å². The summed E-state index contributed by atoms with van der Waals surface area (Å²) in [6, 6.07) is 9.72. The predicted octanol–water partition coefficient (Wildman–Crippen LogP) is 2.22. The standard InChI is InChI=1S/C19H21F2N3O3S/c1-14-6-7-15(12-17(14)21)22-19(25)13-23-8-10-24(11-9-23)28(26,27)18-5-3-2-4-16(18)20/h2-7,12H,8-11,13H2,1H3,(H,22,25). The lowest BCUT2D eigenvalue weighted by molar-refractivity contribution is -0.117. The Labute approximate surface area is 162 Å². The Kier molecular flexibility index (Phi) is 6.07. The summed E-state index contributed by atoms with van der Waals surface area (Å²) in [5.41, 5.74) is 0.860. The van der Waals surface area contributed by atoms with Gasteiger partial charge in [0.2, 0.25) is 15.9 Å². The summed E-state index contributed by atoms with van der Waals surface area (Å²) in [6.45, 7) is 2.68.